The standard InChI is InChI=1S/C19H18N2O3/c1-24-14-6-2-5-13(11-14)18(22)12-21-19(23)16-7-3-9-17-15(16)8-4-10-20-17/h2-11,18,22H,12H2,1H3,(H,21,23). The fraction of sp³-hybridized carbons (Fsp3) is 0.158. The quantitative estimate of drug-likeness (QED) is 0.757. The molecule has 0 spiro atoms. The zero-order valence-corrected chi connectivity index (χ0v) is 13.3. The number of nitrogens with zero attached hydrogens (tertiary/aromatic N) is 1. The van der Waals surface area contributed by atoms with Gasteiger partial charge in [-0.3, -0.25) is 9.78 Å². The summed E-state index contributed by atoms with van der Waals surface area (Å²) in [7, 11) is 1.57. The van der Waals surface area contributed by atoms with Crippen LogP contribution in [0, 0.1) is 0 Å². The lowest BCUT2D eigenvalue weighted by Gasteiger charge is -2.14. The molecule has 1 atom stereocenters. The second kappa shape index (κ2) is 7.10. The molecular formula is C19H18N2O3. The lowest BCUT2D eigenvalue weighted by atomic mass is 10.1. The van der Waals surface area contributed by atoms with E-state index in [2.05, 4.69) is 10.3 Å². The minimum atomic E-state index is -0.808. The molecule has 122 valence electrons. The van der Waals surface area contributed by atoms with Crippen molar-refractivity contribution >= 4 is 16.8 Å². The lowest BCUT2D eigenvalue weighted by molar-refractivity contribution is 0.0918. The molecular weight excluding hydrogens is 304 g/mol. The molecule has 2 N–H and O–H groups in total. The topological polar surface area (TPSA) is 71.5 Å². The van der Waals surface area contributed by atoms with Crippen LogP contribution >= 0.6 is 0 Å². The molecule has 0 radical (unpaired) electrons. The number of pyridine rings is 1. The summed E-state index contributed by atoms with van der Waals surface area (Å²) in [4.78, 5) is 16.7. The number of benzene rings is 2. The number of aromatic nitrogens is 1. The first-order chi connectivity index (χ1) is 11.7. The fourth-order valence-corrected chi connectivity index (χ4v) is 2.55. The van der Waals surface area contributed by atoms with Gasteiger partial charge >= 0.3 is 0 Å². The van der Waals surface area contributed by atoms with Gasteiger partial charge in [-0.25, -0.2) is 0 Å². The van der Waals surface area contributed by atoms with Crippen molar-refractivity contribution in [2.24, 2.45) is 0 Å². The predicted octanol–water partition coefficient (Wildman–Crippen LogP) is 2.71. The van der Waals surface area contributed by atoms with E-state index >= 15 is 0 Å². The average molecular weight is 322 g/mol. The van der Waals surface area contributed by atoms with Crippen LogP contribution in [0.3, 0.4) is 0 Å². The Hall–Kier alpha value is -2.92. The van der Waals surface area contributed by atoms with Crippen LogP contribution in [0.1, 0.15) is 22.0 Å². The van der Waals surface area contributed by atoms with E-state index < -0.39 is 6.10 Å². The van der Waals surface area contributed by atoms with E-state index in [-0.39, 0.29) is 12.5 Å². The number of carbonyl (C=O) groups excluding carboxylic acids is 1. The Morgan fingerprint density at radius 3 is 2.88 bits per heavy atom. The molecule has 1 amide bonds. The molecule has 3 aromatic rings. The summed E-state index contributed by atoms with van der Waals surface area (Å²) in [5, 5.41) is 13.8. The Kier molecular flexibility index (Phi) is 4.72. The Bertz CT molecular complexity index is 859. The minimum absolute atomic E-state index is 0.114. The SMILES string of the molecule is COc1cccc(C(O)CNC(=O)c2cccc3ncccc23)c1. The second-order valence-electron chi connectivity index (χ2n) is 5.38. The zero-order chi connectivity index (χ0) is 16.9. The number of fused-ring (bicyclic) bond motifs is 1. The number of carbonyl (C=O) groups is 1. The van der Waals surface area contributed by atoms with Gasteiger partial charge in [-0.15, -0.1) is 0 Å². The van der Waals surface area contributed by atoms with E-state index in [1.165, 1.54) is 0 Å². The molecule has 0 aliphatic rings. The summed E-state index contributed by atoms with van der Waals surface area (Å²) >= 11 is 0. The van der Waals surface area contributed by atoms with Gasteiger partial charge in [0, 0.05) is 23.7 Å². The number of aliphatic hydroxyl groups excluding tert-OH is 1. The van der Waals surface area contributed by atoms with Crippen LogP contribution in [0.2, 0.25) is 0 Å². The predicted molar refractivity (Wildman–Crippen MR) is 92.0 cm³/mol. The molecule has 1 unspecified atom stereocenters. The molecule has 3 rings (SSSR count). The lowest BCUT2D eigenvalue weighted by Crippen LogP contribution is -2.28. The summed E-state index contributed by atoms with van der Waals surface area (Å²) < 4.78 is 5.14. The summed E-state index contributed by atoms with van der Waals surface area (Å²) in [6.45, 7) is 0.114. The van der Waals surface area contributed by atoms with Gasteiger partial charge in [0.15, 0.2) is 0 Å². The Morgan fingerprint density at radius 1 is 1.21 bits per heavy atom. The molecule has 0 bridgehead atoms. The molecule has 1 aromatic heterocycles. The molecule has 1 heterocycles. The van der Waals surface area contributed by atoms with Gasteiger partial charge in [0.25, 0.3) is 5.91 Å². The van der Waals surface area contributed by atoms with Crippen molar-refractivity contribution in [2.75, 3.05) is 13.7 Å². The van der Waals surface area contributed by atoms with Crippen molar-refractivity contribution in [3.05, 3.63) is 71.9 Å². The Balaban J connectivity index is 1.72. The van der Waals surface area contributed by atoms with Crippen LogP contribution in [0.15, 0.2) is 60.8 Å². The molecule has 0 saturated carbocycles. The first-order valence-corrected chi connectivity index (χ1v) is 7.63. The maximum Gasteiger partial charge on any atom is 0.252 e. The number of aliphatic hydroxyl groups is 1. The Labute approximate surface area is 139 Å². The first-order valence-electron chi connectivity index (χ1n) is 7.63. The molecule has 2 aromatic carbocycles. The largest absolute Gasteiger partial charge is 0.497 e. The van der Waals surface area contributed by atoms with Crippen LogP contribution in [-0.2, 0) is 0 Å². The average Bonchev–Trinajstić information content (AvgIpc) is 2.65. The fourth-order valence-electron chi connectivity index (χ4n) is 2.55. The number of ether oxygens (including phenoxy) is 1. The maximum absolute atomic E-state index is 12.4. The summed E-state index contributed by atoms with van der Waals surface area (Å²) in [6, 6.07) is 16.2. The Morgan fingerprint density at radius 2 is 2.04 bits per heavy atom. The smallest absolute Gasteiger partial charge is 0.252 e. The third-order valence-corrected chi connectivity index (χ3v) is 3.82. The van der Waals surface area contributed by atoms with E-state index in [4.69, 9.17) is 4.74 Å². The summed E-state index contributed by atoms with van der Waals surface area (Å²) in [5.41, 5.74) is 1.99. The van der Waals surface area contributed by atoms with Gasteiger partial charge in [0.2, 0.25) is 0 Å². The summed E-state index contributed by atoms with van der Waals surface area (Å²) in [5.74, 6) is 0.425. The van der Waals surface area contributed by atoms with Crippen molar-refractivity contribution < 1.29 is 14.6 Å². The van der Waals surface area contributed by atoms with Gasteiger partial charge in [-0.05, 0) is 35.9 Å². The molecule has 0 aliphatic carbocycles. The van der Waals surface area contributed by atoms with Crippen LogP contribution in [-0.4, -0.2) is 29.7 Å². The van der Waals surface area contributed by atoms with Crippen molar-refractivity contribution in [2.45, 2.75) is 6.10 Å². The van der Waals surface area contributed by atoms with E-state index in [0.29, 0.717) is 16.9 Å². The van der Waals surface area contributed by atoms with Crippen molar-refractivity contribution in [1.29, 1.82) is 0 Å². The first kappa shape index (κ1) is 16.0. The highest BCUT2D eigenvalue weighted by Crippen LogP contribution is 2.19. The third kappa shape index (κ3) is 3.36. The molecule has 0 saturated heterocycles. The third-order valence-electron chi connectivity index (χ3n) is 3.82. The summed E-state index contributed by atoms with van der Waals surface area (Å²) in [6.07, 6.45) is 0.883. The van der Waals surface area contributed by atoms with Gasteiger partial charge in [0.05, 0.1) is 18.7 Å². The van der Waals surface area contributed by atoms with Crippen molar-refractivity contribution in [3.8, 4) is 5.75 Å². The van der Waals surface area contributed by atoms with Gasteiger partial charge in [0.1, 0.15) is 5.75 Å². The van der Waals surface area contributed by atoms with E-state index in [1.807, 2.05) is 12.1 Å². The second-order valence-corrected chi connectivity index (χ2v) is 5.38. The molecule has 0 fully saturated rings. The number of hydrogen-bond donors (Lipinski definition) is 2. The molecule has 24 heavy (non-hydrogen) atoms. The van der Waals surface area contributed by atoms with Crippen molar-refractivity contribution in [1.82, 2.24) is 10.3 Å². The maximum atomic E-state index is 12.4. The number of amides is 1. The van der Waals surface area contributed by atoms with Crippen LogP contribution < -0.4 is 10.1 Å². The van der Waals surface area contributed by atoms with Crippen LogP contribution in [0.5, 0.6) is 5.75 Å². The number of nitrogens with one attached hydrogen (secondary N) is 1. The highest BCUT2D eigenvalue weighted by Gasteiger charge is 2.13. The number of methoxy groups -OCH3 is 1. The van der Waals surface area contributed by atoms with Crippen LogP contribution in [0.25, 0.3) is 10.9 Å². The molecule has 0 aliphatic heterocycles. The zero-order valence-electron chi connectivity index (χ0n) is 13.3. The van der Waals surface area contributed by atoms with Gasteiger partial charge in [-0.2, -0.15) is 0 Å². The minimum Gasteiger partial charge on any atom is -0.497 e. The molecule has 5 nitrogen and oxygen atoms in total. The van der Waals surface area contributed by atoms with Gasteiger partial charge in [-0.1, -0.05) is 24.3 Å². The number of hydrogen-bond acceptors (Lipinski definition) is 4. The van der Waals surface area contributed by atoms with E-state index in [1.54, 1.807) is 55.8 Å². The van der Waals surface area contributed by atoms with Crippen LogP contribution in [0.4, 0.5) is 0 Å². The monoisotopic (exact) mass is 322 g/mol. The highest BCUT2D eigenvalue weighted by molar-refractivity contribution is 6.06. The van der Waals surface area contributed by atoms with Gasteiger partial charge < -0.3 is 15.2 Å². The van der Waals surface area contributed by atoms with Crippen molar-refractivity contribution in [3.63, 3.8) is 0 Å². The normalized spacial score (nSPS) is 11.9. The molecule has 5 heteroatoms. The highest BCUT2D eigenvalue weighted by atomic mass is 16.5. The number of rotatable bonds is 5. The van der Waals surface area contributed by atoms with E-state index in [0.717, 1.165) is 10.9 Å². The van der Waals surface area contributed by atoms with E-state index in [9.17, 15) is 9.90 Å².